The van der Waals surface area contributed by atoms with Crippen molar-refractivity contribution in [2.45, 2.75) is 32.7 Å². The molecule has 154 valence electrons. The van der Waals surface area contributed by atoms with Crippen molar-refractivity contribution in [2.24, 2.45) is 0 Å². The number of piperazine rings is 1. The normalized spacial score (nSPS) is 16.9. The molecule has 29 heavy (non-hydrogen) atoms. The SMILES string of the molecule is Cc1noc2nc(C(C)C)cc(C(=O)N3CCNCC3c3cccc(Cl)c3)c12.Cl. The molecule has 3 aromatic rings. The fourth-order valence-electron chi connectivity index (χ4n) is 3.69. The molecule has 1 atom stereocenters. The maximum Gasteiger partial charge on any atom is 0.259 e. The number of rotatable bonds is 3. The van der Waals surface area contributed by atoms with Crippen LogP contribution in [0.1, 0.15) is 53.1 Å². The van der Waals surface area contributed by atoms with Gasteiger partial charge in [-0.1, -0.05) is 42.7 Å². The number of hydrogen-bond donors (Lipinski definition) is 1. The second-order valence-corrected chi connectivity index (χ2v) is 7.91. The first kappa shape index (κ1) is 21.6. The van der Waals surface area contributed by atoms with Crippen LogP contribution >= 0.6 is 24.0 Å². The van der Waals surface area contributed by atoms with Gasteiger partial charge in [0.15, 0.2) is 0 Å². The van der Waals surface area contributed by atoms with E-state index in [0.717, 1.165) is 17.8 Å². The van der Waals surface area contributed by atoms with E-state index in [4.69, 9.17) is 16.1 Å². The first-order valence-electron chi connectivity index (χ1n) is 9.49. The highest BCUT2D eigenvalue weighted by Crippen LogP contribution is 2.30. The fraction of sp³-hybridized carbons (Fsp3) is 0.381. The van der Waals surface area contributed by atoms with Gasteiger partial charge in [0.25, 0.3) is 11.6 Å². The Bertz CT molecular complexity index is 1030. The van der Waals surface area contributed by atoms with Crippen molar-refractivity contribution in [1.82, 2.24) is 20.4 Å². The number of aryl methyl sites for hydroxylation is 1. The van der Waals surface area contributed by atoms with E-state index < -0.39 is 0 Å². The van der Waals surface area contributed by atoms with Gasteiger partial charge in [0, 0.05) is 30.4 Å². The molecule has 3 heterocycles. The maximum atomic E-state index is 13.7. The summed E-state index contributed by atoms with van der Waals surface area (Å²) in [6.07, 6.45) is 0. The van der Waals surface area contributed by atoms with Gasteiger partial charge in [0.1, 0.15) is 0 Å². The van der Waals surface area contributed by atoms with Crippen molar-refractivity contribution in [3.8, 4) is 0 Å². The molecule has 1 aromatic carbocycles. The van der Waals surface area contributed by atoms with Gasteiger partial charge in [-0.25, -0.2) is 4.98 Å². The number of halogens is 2. The van der Waals surface area contributed by atoms with E-state index in [2.05, 4.69) is 15.5 Å². The number of nitrogens with one attached hydrogen (secondary N) is 1. The Hall–Kier alpha value is -2.15. The Morgan fingerprint density at radius 3 is 2.86 bits per heavy atom. The Labute approximate surface area is 181 Å². The molecule has 1 unspecified atom stereocenters. The molecule has 8 heteroatoms. The molecule has 6 nitrogen and oxygen atoms in total. The van der Waals surface area contributed by atoms with E-state index in [1.54, 1.807) is 0 Å². The van der Waals surface area contributed by atoms with Crippen LogP contribution in [0.4, 0.5) is 0 Å². The highest BCUT2D eigenvalue weighted by Gasteiger charge is 2.31. The summed E-state index contributed by atoms with van der Waals surface area (Å²) in [5.74, 6) is 0.139. The number of hydrogen-bond acceptors (Lipinski definition) is 5. The number of fused-ring (bicyclic) bond motifs is 1. The molecule has 0 radical (unpaired) electrons. The minimum Gasteiger partial charge on any atom is -0.336 e. The number of amides is 1. The maximum absolute atomic E-state index is 13.7. The molecule has 0 aliphatic carbocycles. The van der Waals surface area contributed by atoms with Crippen LogP contribution in [-0.2, 0) is 0 Å². The lowest BCUT2D eigenvalue weighted by Gasteiger charge is -2.37. The van der Waals surface area contributed by atoms with E-state index in [1.165, 1.54) is 0 Å². The number of nitrogens with zero attached hydrogens (tertiary/aromatic N) is 3. The van der Waals surface area contributed by atoms with Crippen LogP contribution in [0.3, 0.4) is 0 Å². The third kappa shape index (κ3) is 4.10. The molecule has 4 rings (SSSR count). The largest absolute Gasteiger partial charge is 0.336 e. The minimum atomic E-state index is -0.0918. The molecule has 0 spiro atoms. The zero-order valence-electron chi connectivity index (χ0n) is 16.6. The van der Waals surface area contributed by atoms with Crippen LogP contribution in [0.2, 0.25) is 5.02 Å². The topological polar surface area (TPSA) is 71.3 Å². The summed E-state index contributed by atoms with van der Waals surface area (Å²) >= 11 is 6.20. The number of carbonyl (C=O) groups excluding carboxylic acids is 1. The summed E-state index contributed by atoms with van der Waals surface area (Å²) in [6, 6.07) is 9.49. The minimum absolute atomic E-state index is 0. The molecule has 1 N–H and O–H groups in total. The first-order chi connectivity index (χ1) is 13.5. The lowest BCUT2D eigenvalue weighted by atomic mass is 9.99. The van der Waals surface area contributed by atoms with E-state index in [0.29, 0.717) is 40.5 Å². The standard InChI is InChI=1S/C21H23ClN4O2.ClH/c1-12(2)17-10-16(19-13(3)25-28-20(19)24-17)21(27)26-8-7-23-11-18(26)14-5-4-6-15(22)9-14;/h4-6,9-10,12,18,23H,7-8,11H2,1-3H3;1H. The van der Waals surface area contributed by atoms with Gasteiger partial charge in [-0.2, -0.15) is 0 Å². The third-order valence-corrected chi connectivity index (χ3v) is 5.43. The molecule has 1 saturated heterocycles. The predicted molar refractivity (Wildman–Crippen MR) is 116 cm³/mol. The predicted octanol–water partition coefficient (Wildman–Crippen LogP) is 4.52. The smallest absolute Gasteiger partial charge is 0.259 e. The number of aromatic nitrogens is 2. The fourth-order valence-corrected chi connectivity index (χ4v) is 3.89. The van der Waals surface area contributed by atoms with Crippen molar-refractivity contribution in [3.05, 3.63) is 57.9 Å². The van der Waals surface area contributed by atoms with Gasteiger partial charge in [-0.05, 0) is 36.6 Å². The summed E-state index contributed by atoms with van der Waals surface area (Å²) in [7, 11) is 0. The monoisotopic (exact) mass is 434 g/mol. The zero-order chi connectivity index (χ0) is 19.8. The van der Waals surface area contributed by atoms with Crippen molar-refractivity contribution >= 4 is 41.0 Å². The van der Waals surface area contributed by atoms with Gasteiger partial charge in [-0.15, -0.1) is 12.4 Å². The molecular weight excluding hydrogens is 411 g/mol. The lowest BCUT2D eigenvalue weighted by Crippen LogP contribution is -2.48. The summed E-state index contributed by atoms with van der Waals surface area (Å²) in [5, 5.41) is 8.78. The average Bonchev–Trinajstić information content (AvgIpc) is 3.08. The Morgan fingerprint density at radius 2 is 2.14 bits per heavy atom. The summed E-state index contributed by atoms with van der Waals surface area (Å²) in [4.78, 5) is 20.1. The van der Waals surface area contributed by atoms with Crippen LogP contribution in [-0.4, -0.2) is 40.6 Å². The van der Waals surface area contributed by atoms with Crippen molar-refractivity contribution in [3.63, 3.8) is 0 Å². The van der Waals surface area contributed by atoms with Gasteiger partial charge in [-0.3, -0.25) is 4.79 Å². The van der Waals surface area contributed by atoms with Crippen molar-refractivity contribution in [1.29, 1.82) is 0 Å². The van der Waals surface area contributed by atoms with E-state index in [1.807, 2.05) is 56.0 Å². The number of pyridine rings is 1. The van der Waals surface area contributed by atoms with Gasteiger partial charge < -0.3 is 14.7 Å². The quantitative estimate of drug-likeness (QED) is 0.655. The van der Waals surface area contributed by atoms with Crippen LogP contribution in [0.15, 0.2) is 34.9 Å². The van der Waals surface area contributed by atoms with Crippen LogP contribution in [0.5, 0.6) is 0 Å². The van der Waals surface area contributed by atoms with E-state index >= 15 is 0 Å². The van der Waals surface area contributed by atoms with Gasteiger partial charge in [0.2, 0.25) is 0 Å². The number of benzene rings is 1. The lowest BCUT2D eigenvalue weighted by molar-refractivity contribution is 0.0636. The summed E-state index contributed by atoms with van der Waals surface area (Å²) < 4.78 is 5.38. The molecule has 1 amide bonds. The third-order valence-electron chi connectivity index (χ3n) is 5.20. The zero-order valence-corrected chi connectivity index (χ0v) is 18.2. The Kier molecular flexibility index (Phi) is 6.46. The van der Waals surface area contributed by atoms with E-state index in [-0.39, 0.29) is 30.3 Å². The average molecular weight is 435 g/mol. The van der Waals surface area contributed by atoms with Gasteiger partial charge in [0.05, 0.1) is 22.7 Å². The molecule has 2 aromatic heterocycles. The molecule has 1 aliphatic heterocycles. The first-order valence-corrected chi connectivity index (χ1v) is 9.87. The molecular formula is C21H24Cl2N4O2. The van der Waals surface area contributed by atoms with Crippen molar-refractivity contribution < 1.29 is 9.32 Å². The Balaban J connectivity index is 0.00000240. The van der Waals surface area contributed by atoms with Crippen LogP contribution in [0, 0.1) is 6.92 Å². The van der Waals surface area contributed by atoms with Crippen molar-refractivity contribution in [2.75, 3.05) is 19.6 Å². The second-order valence-electron chi connectivity index (χ2n) is 7.47. The summed E-state index contributed by atoms with van der Waals surface area (Å²) in [6.45, 7) is 7.97. The van der Waals surface area contributed by atoms with Crippen LogP contribution < -0.4 is 5.32 Å². The molecule has 1 fully saturated rings. The second kappa shape index (κ2) is 8.69. The van der Waals surface area contributed by atoms with Crippen LogP contribution in [0.25, 0.3) is 11.1 Å². The highest BCUT2D eigenvalue weighted by atomic mass is 35.5. The highest BCUT2D eigenvalue weighted by molar-refractivity contribution is 6.30. The summed E-state index contributed by atoms with van der Waals surface area (Å²) in [5.41, 5.74) is 3.53. The van der Waals surface area contributed by atoms with E-state index in [9.17, 15) is 4.79 Å². The molecule has 0 saturated carbocycles. The molecule has 0 bridgehead atoms. The Morgan fingerprint density at radius 1 is 1.34 bits per heavy atom. The van der Waals surface area contributed by atoms with Gasteiger partial charge >= 0.3 is 0 Å². The molecule has 1 aliphatic rings. The number of carbonyl (C=O) groups is 1.